The predicted molar refractivity (Wildman–Crippen MR) is 78.6 cm³/mol. The first-order valence-corrected chi connectivity index (χ1v) is 7.75. The van der Waals surface area contributed by atoms with E-state index in [0.29, 0.717) is 5.92 Å². The van der Waals surface area contributed by atoms with Crippen molar-refractivity contribution in [1.29, 1.82) is 0 Å². The molecule has 2 aliphatic rings. The molecule has 2 aliphatic heterocycles. The van der Waals surface area contributed by atoms with Gasteiger partial charge < -0.3 is 10.1 Å². The van der Waals surface area contributed by atoms with Gasteiger partial charge in [0, 0.05) is 43.0 Å². The Morgan fingerprint density at radius 1 is 1.24 bits per heavy atom. The van der Waals surface area contributed by atoms with E-state index in [1.54, 1.807) is 10.6 Å². The third kappa shape index (κ3) is 2.38. The highest BCUT2D eigenvalue weighted by Gasteiger charge is 2.21. The first kappa shape index (κ1) is 13.0. The second-order valence-corrected chi connectivity index (χ2v) is 5.96. The van der Waals surface area contributed by atoms with Crippen LogP contribution in [0.5, 0.6) is 0 Å². The van der Waals surface area contributed by atoms with Gasteiger partial charge in [0.05, 0.1) is 5.69 Å². The van der Waals surface area contributed by atoms with E-state index >= 15 is 0 Å². The van der Waals surface area contributed by atoms with Crippen molar-refractivity contribution < 1.29 is 4.74 Å². The van der Waals surface area contributed by atoms with E-state index in [4.69, 9.17) is 4.74 Å². The molecule has 2 aromatic rings. The van der Waals surface area contributed by atoms with Crippen LogP contribution in [0.4, 0.5) is 0 Å². The summed E-state index contributed by atoms with van der Waals surface area (Å²) in [5.41, 5.74) is 2.67. The largest absolute Gasteiger partial charge is 0.381 e. The minimum atomic E-state index is -0.0259. The summed E-state index contributed by atoms with van der Waals surface area (Å²) in [5.74, 6) is 0.438. The lowest BCUT2D eigenvalue weighted by atomic mass is 9.97. The van der Waals surface area contributed by atoms with Crippen molar-refractivity contribution >= 4 is 5.65 Å². The van der Waals surface area contributed by atoms with Gasteiger partial charge in [0.15, 0.2) is 5.65 Å². The summed E-state index contributed by atoms with van der Waals surface area (Å²) in [5, 5.41) is 6.61. The van der Waals surface area contributed by atoms with E-state index in [0.717, 1.165) is 62.5 Å². The van der Waals surface area contributed by atoms with Crippen molar-refractivity contribution in [3.63, 3.8) is 0 Å². The molecule has 0 bridgehead atoms. The zero-order valence-electron chi connectivity index (χ0n) is 12.0. The molecule has 0 amide bonds. The number of fused-ring (bicyclic) bond motifs is 1. The van der Waals surface area contributed by atoms with Gasteiger partial charge in [-0.05, 0) is 32.2 Å². The molecule has 21 heavy (non-hydrogen) atoms. The Balaban J connectivity index is 1.72. The molecule has 0 aromatic carbocycles. The molecule has 2 saturated heterocycles. The van der Waals surface area contributed by atoms with Crippen LogP contribution in [0.3, 0.4) is 0 Å². The molecule has 0 radical (unpaired) electrons. The Labute approximate surface area is 122 Å². The summed E-state index contributed by atoms with van der Waals surface area (Å²) in [6.45, 7) is 2.59. The second kappa shape index (κ2) is 5.27. The summed E-state index contributed by atoms with van der Waals surface area (Å²) >= 11 is 0. The van der Waals surface area contributed by atoms with Crippen LogP contribution in [0.25, 0.3) is 5.65 Å². The molecule has 0 saturated carbocycles. The van der Waals surface area contributed by atoms with E-state index < -0.39 is 0 Å². The van der Waals surface area contributed by atoms with Crippen molar-refractivity contribution in [3.8, 4) is 0 Å². The molecule has 0 spiro atoms. The summed E-state index contributed by atoms with van der Waals surface area (Å²) in [6.07, 6.45) is 4.20. The highest BCUT2D eigenvalue weighted by molar-refractivity contribution is 5.41. The van der Waals surface area contributed by atoms with Crippen LogP contribution in [0.1, 0.15) is 49.0 Å². The average molecular weight is 288 g/mol. The minimum Gasteiger partial charge on any atom is -0.381 e. The number of aromatic nitrogens is 3. The normalized spacial score (nSPS) is 23.9. The van der Waals surface area contributed by atoms with Crippen LogP contribution in [0.2, 0.25) is 0 Å². The van der Waals surface area contributed by atoms with Gasteiger partial charge in [0.2, 0.25) is 0 Å². The van der Waals surface area contributed by atoms with Gasteiger partial charge in [0.1, 0.15) is 0 Å². The van der Waals surface area contributed by atoms with E-state index in [9.17, 15) is 4.79 Å². The molecule has 112 valence electrons. The molecule has 2 N–H and O–H groups in total. The minimum absolute atomic E-state index is 0.0259. The lowest BCUT2D eigenvalue weighted by Crippen LogP contribution is -2.21. The van der Waals surface area contributed by atoms with Crippen LogP contribution >= 0.6 is 0 Å². The van der Waals surface area contributed by atoms with Crippen LogP contribution in [0.15, 0.2) is 16.9 Å². The fourth-order valence-electron chi connectivity index (χ4n) is 3.36. The van der Waals surface area contributed by atoms with Crippen LogP contribution in [-0.4, -0.2) is 34.4 Å². The monoisotopic (exact) mass is 288 g/mol. The average Bonchev–Trinajstić information content (AvgIpc) is 3.17. The number of rotatable bonds is 2. The van der Waals surface area contributed by atoms with Gasteiger partial charge in [-0.1, -0.05) is 0 Å². The molecule has 0 aliphatic carbocycles. The van der Waals surface area contributed by atoms with Gasteiger partial charge in [-0.25, -0.2) is 9.50 Å². The van der Waals surface area contributed by atoms with Gasteiger partial charge in [-0.2, -0.15) is 0 Å². The molecular formula is C15H20N4O2. The highest BCUT2D eigenvalue weighted by Crippen LogP contribution is 2.26. The summed E-state index contributed by atoms with van der Waals surface area (Å²) in [4.78, 5) is 17.0. The fraction of sp³-hybridized carbons (Fsp3) is 0.600. The number of hydrogen-bond acceptors (Lipinski definition) is 4. The van der Waals surface area contributed by atoms with Crippen molar-refractivity contribution in [2.24, 2.45) is 0 Å². The standard InChI is InChI=1S/C15H20N4O2/c20-15-9-13(11-2-1-5-16-11)17-14-8-12(18-19(14)15)10-3-6-21-7-4-10/h8-11,16,18H,1-7H2. The molecule has 2 aromatic heterocycles. The van der Waals surface area contributed by atoms with E-state index in [-0.39, 0.29) is 11.6 Å². The number of nitrogens with zero attached hydrogens (tertiary/aromatic N) is 2. The number of ether oxygens (including phenoxy) is 1. The SMILES string of the molecule is O=c1cc(C2CCCN2)nc2cc(C3CCOCC3)[nH]n12. The van der Waals surface area contributed by atoms with Crippen molar-refractivity contribution in [1.82, 2.24) is 19.9 Å². The fourth-order valence-corrected chi connectivity index (χ4v) is 3.36. The molecule has 1 unspecified atom stereocenters. The topological polar surface area (TPSA) is 71.4 Å². The van der Waals surface area contributed by atoms with Crippen molar-refractivity contribution in [2.75, 3.05) is 19.8 Å². The zero-order chi connectivity index (χ0) is 14.2. The number of aromatic amines is 1. The Kier molecular flexibility index (Phi) is 3.27. The maximum atomic E-state index is 12.3. The van der Waals surface area contributed by atoms with Gasteiger partial charge in [-0.15, -0.1) is 0 Å². The zero-order valence-corrected chi connectivity index (χ0v) is 12.0. The maximum Gasteiger partial charge on any atom is 0.272 e. The number of hydrogen-bond donors (Lipinski definition) is 2. The molecular weight excluding hydrogens is 268 g/mol. The molecule has 4 rings (SSSR count). The third-order valence-electron chi connectivity index (χ3n) is 4.57. The van der Waals surface area contributed by atoms with Crippen LogP contribution in [-0.2, 0) is 4.74 Å². The van der Waals surface area contributed by atoms with E-state index in [1.807, 2.05) is 6.07 Å². The van der Waals surface area contributed by atoms with Crippen molar-refractivity contribution in [2.45, 2.75) is 37.6 Å². The molecule has 1 atom stereocenters. The molecule has 6 heteroatoms. The van der Waals surface area contributed by atoms with Crippen molar-refractivity contribution in [3.05, 3.63) is 33.9 Å². The maximum absolute atomic E-state index is 12.3. The Morgan fingerprint density at radius 2 is 2.10 bits per heavy atom. The summed E-state index contributed by atoms with van der Waals surface area (Å²) < 4.78 is 6.96. The summed E-state index contributed by atoms with van der Waals surface area (Å²) in [7, 11) is 0. The van der Waals surface area contributed by atoms with Gasteiger partial charge in [0.25, 0.3) is 5.56 Å². The lowest BCUT2D eigenvalue weighted by Gasteiger charge is -2.20. The molecule has 2 fully saturated rings. The predicted octanol–water partition coefficient (Wildman–Crippen LogP) is 1.34. The quantitative estimate of drug-likeness (QED) is 0.875. The smallest absolute Gasteiger partial charge is 0.272 e. The van der Waals surface area contributed by atoms with Crippen LogP contribution in [0, 0.1) is 0 Å². The van der Waals surface area contributed by atoms with Crippen LogP contribution < -0.4 is 10.9 Å². The first-order chi connectivity index (χ1) is 10.3. The van der Waals surface area contributed by atoms with Gasteiger partial charge in [-0.3, -0.25) is 9.89 Å². The third-order valence-corrected chi connectivity index (χ3v) is 4.57. The second-order valence-electron chi connectivity index (χ2n) is 5.96. The van der Waals surface area contributed by atoms with E-state index in [2.05, 4.69) is 15.4 Å². The number of nitrogens with one attached hydrogen (secondary N) is 2. The molecule has 6 nitrogen and oxygen atoms in total. The molecule has 4 heterocycles. The number of H-pyrrole nitrogens is 1. The van der Waals surface area contributed by atoms with E-state index in [1.165, 1.54) is 0 Å². The highest BCUT2D eigenvalue weighted by atomic mass is 16.5. The Morgan fingerprint density at radius 3 is 2.86 bits per heavy atom. The van der Waals surface area contributed by atoms with Gasteiger partial charge >= 0.3 is 0 Å². The summed E-state index contributed by atoms with van der Waals surface area (Å²) in [6, 6.07) is 3.90. The Hall–Kier alpha value is -1.66. The lowest BCUT2D eigenvalue weighted by molar-refractivity contribution is 0.0844. The Bertz CT molecular complexity index is 693. The first-order valence-electron chi connectivity index (χ1n) is 7.75.